The fourth-order valence-electron chi connectivity index (χ4n) is 1.79. The molecule has 1 atom stereocenters. The van der Waals surface area contributed by atoms with Crippen LogP contribution in [0.15, 0.2) is 15.8 Å². The summed E-state index contributed by atoms with van der Waals surface area (Å²) in [4.78, 5) is 35.5. The predicted molar refractivity (Wildman–Crippen MR) is 74.2 cm³/mol. The smallest absolute Gasteiger partial charge is 0.328 e. The number of nitrogens with one attached hydrogen (secondary N) is 1. The molecule has 1 heterocycles. The van der Waals surface area contributed by atoms with Crippen LogP contribution in [0.2, 0.25) is 0 Å². The molecule has 0 spiro atoms. The zero-order valence-corrected chi connectivity index (χ0v) is 11.2. The van der Waals surface area contributed by atoms with E-state index in [1.165, 1.54) is 17.9 Å². The van der Waals surface area contributed by atoms with Crippen LogP contribution in [-0.2, 0) is 11.3 Å². The number of aromatic amines is 1. The van der Waals surface area contributed by atoms with E-state index in [1.54, 1.807) is 15.7 Å². The van der Waals surface area contributed by atoms with Crippen LogP contribution in [0.25, 0.3) is 0 Å². The quantitative estimate of drug-likeness (QED) is 0.414. The van der Waals surface area contributed by atoms with Gasteiger partial charge in [-0.05, 0) is 6.42 Å². The number of aldehydes is 1. The molecular weight excluding hydrogens is 250 g/mol. The third-order valence-corrected chi connectivity index (χ3v) is 2.87. The summed E-state index contributed by atoms with van der Waals surface area (Å²) < 4.78 is 6.36. The Balaban J connectivity index is 2.92. The van der Waals surface area contributed by atoms with Crippen LogP contribution in [0.5, 0.6) is 0 Å². The zero-order valence-electron chi connectivity index (χ0n) is 11.2. The Labute approximate surface area is 111 Å². The Bertz CT molecular complexity index is 560. The summed E-state index contributed by atoms with van der Waals surface area (Å²) in [5.41, 5.74) is -1.42. The van der Waals surface area contributed by atoms with Gasteiger partial charge in [0.2, 0.25) is 0 Å². The molecule has 102 valence electrons. The summed E-state index contributed by atoms with van der Waals surface area (Å²) >= 11 is 0. The molecule has 0 saturated carbocycles. The standard InChI is InChI=1S/C10H16B2N2O5/c1-19-7(10(11,12)18)2-3-14-4-6(5-15)8(16)13-9(14)17/h4-5,7,18H,2-3,11-12H2,1H3,(H,13,16,17). The van der Waals surface area contributed by atoms with Crippen LogP contribution in [0, 0.1) is 0 Å². The topological polar surface area (TPSA) is 101 Å². The Morgan fingerprint density at radius 3 is 2.68 bits per heavy atom. The molecule has 0 aliphatic heterocycles. The van der Waals surface area contributed by atoms with Gasteiger partial charge in [-0.1, -0.05) is 0 Å². The molecule has 0 saturated heterocycles. The predicted octanol–water partition coefficient (Wildman–Crippen LogP) is -3.33. The maximum absolute atomic E-state index is 11.5. The van der Waals surface area contributed by atoms with Gasteiger partial charge in [0.1, 0.15) is 15.7 Å². The number of hydrogen-bond donors (Lipinski definition) is 2. The van der Waals surface area contributed by atoms with Crippen LogP contribution in [0.3, 0.4) is 0 Å². The van der Waals surface area contributed by atoms with Gasteiger partial charge in [-0.15, -0.1) is 0 Å². The van der Waals surface area contributed by atoms with Crippen LogP contribution < -0.4 is 11.2 Å². The molecule has 19 heavy (non-hydrogen) atoms. The van der Waals surface area contributed by atoms with E-state index in [4.69, 9.17) is 4.74 Å². The minimum Gasteiger partial charge on any atom is -0.405 e. The van der Waals surface area contributed by atoms with Crippen molar-refractivity contribution in [2.45, 2.75) is 24.5 Å². The largest absolute Gasteiger partial charge is 0.405 e. The highest BCUT2D eigenvalue weighted by Crippen LogP contribution is 2.10. The minimum atomic E-state index is -1.05. The average Bonchev–Trinajstić information content (AvgIpc) is 2.30. The first kappa shape index (κ1) is 15.5. The van der Waals surface area contributed by atoms with E-state index >= 15 is 0 Å². The molecule has 0 aliphatic rings. The van der Waals surface area contributed by atoms with E-state index in [9.17, 15) is 19.5 Å². The number of carbonyl (C=O) groups is 1. The van der Waals surface area contributed by atoms with Crippen molar-refractivity contribution >= 4 is 22.0 Å². The maximum Gasteiger partial charge on any atom is 0.328 e. The second-order valence-corrected chi connectivity index (χ2v) is 4.82. The summed E-state index contributed by atoms with van der Waals surface area (Å²) in [6.45, 7) is 0.221. The van der Waals surface area contributed by atoms with Crippen molar-refractivity contribution in [1.29, 1.82) is 0 Å². The summed E-state index contributed by atoms with van der Waals surface area (Å²) in [6, 6.07) is 0. The normalized spacial score (nSPS) is 13.2. The van der Waals surface area contributed by atoms with Gasteiger partial charge < -0.3 is 9.84 Å². The van der Waals surface area contributed by atoms with Gasteiger partial charge in [-0.3, -0.25) is 19.1 Å². The van der Waals surface area contributed by atoms with Gasteiger partial charge in [0.15, 0.2) is 6.29 Å². The molecule has 1 unspecified atom stereocenters. The second-order valence-electron chi connectivity index (χ2n) is 4.82. The molecule has 0 bridgehead atoms. The van der Waals surface area contributed by atoms with E-state index in [0.29, 0.717) is 12.7 Å². The number of aryl methyl sites for hydroxylation is 1. The minimum absolute atomic E-state index is 0.114. The van der Waals surface area contributed by atoms with Crippen LogP contribution in [0.4, 0.5) is 0 Å². The molecule has 1 rings (SSSR count). The maximum atomic E-state index is 11.5. The number of methoxy groups -OCH3 is 1. The van der Waals surface area contributed by atoms with Gasteiger partial charge in [0.25, 0.3) is 5.56 Å². The molecule has 2 N–H and O–H groups in total. The Morgan fingerprint density at radius 2 is 2.21 bits per heavy atom. The molecule has 0 radical (unpaired) electrons. The highest BCUT2D eigenvalue weighted by molar-refractivity contribution is 6.39. The molecule has 7 nitrogen and oxygen atoms in total. The van der Waals surface area contributed by atoms with Crippen molar-refractivity contribution in [1.82, 2.24) is 9.55 Å². The molecule has 0 amide bonds. The van der Waals surface area contributed by atoms with E-state index in [0.717, 1.165) is 0 Å². The van der Waals surface area contributed by atoms with Gasteiger partial charge in [-0.2, -0.15) is 0 Å². The number of aromatic nitrogens is 2. The number of nitrogens with zero attached hydrogens (tertiary/aromatic N) is 1. The van der Waals surface area contributed by atoms with Crippen LogP contribution >= 0.6 is 0 Å². The van der Waals surface area contributed by atoms with Crippen molar-refractivity contribution in [2.75, 3.05) is 7.11 Å². The molecule has 1 aromatic rings. The summed E-state index contributed by atoms with van der Waals surface area (Å²) in [7, 11) is 4.68. The lowest BCUT2D eigenvalue weighted by atomic mass is 9.61. The fraction of sp³-hybridized carbons (Fsp3) is 0.500. The first-order valence-corrected chi connectivity index (χ1v) is 5.83. The van der Waals surface area contributed by atoms with Gasteiger partial charge in [0, 0.05) is 25.3 Å². The van der Waals surface area contributed by atoms with E-state index in [2.05, 4.69) is 4.98 Å². The third-order valence-electron chi connectivity index (χ3n) is 2.87. The summed E-state index contributed by atoms with van der Waals surface area (Å²) in [5, 5.41) is 8.80. The fourth-order valence-corrected chi connectivity index (χ4v) is 1.79. The lowest BCUT2D eigenvalue weighted by molar-refractivity contribution is -0.00196. The molecule has 1 aromatic heterocycles. The SMILES string of the molecule is BC(B)(O)C(CCn1cc(C=O)c(=O)[nH]c1=O)OC. The van der Waals surface area contributed by atoms with Crippen molar-refractivity contribution in [3.8, 4) is 0 Å². The summed E-state index contributed by atoms with van der Waals surface area (Å²) in [5.74, 6) is 0. The number of ether oxygens (including phenoxy) is 1. The van der Waals surface area contributed by atoms with Gasteiger partial charge in [-0.25, -0.2) is 4.79 Å². The van der Waals surface area contributed by atoms with E-state index in [-0.39, 0.29) is 12.1 Å². The lowest BCUT2D eigenvalue weighted by Gasteiger charge is -2.28. The van der Waals surface area contributed by atoms with Crippen molar-refractivity contribution in [2.24, 2.45) is 0 Å². The van der Waals surface area contributed by atoms with E-state index < -0.39 is 22.8 Å². The summed E-state index contributed by atoms with van der Waals surface area (Å²) in [6.07, 6.45) is 1.49. The highest BCUT2D eigenvalue weighted by Gasteiger charge is 2.26. The van der Waals surface area contributed by atoms with Crippen molar-refractivity contribution in [3.05, 3.63) is 32.6 Å². The third kappa shape index (κ3) is 3.93. The first-order valence-electron chi connectivity index (χ1n) is 5.83. The average molecular weight is 266 g/mol. The zero-order chi connectivity index (χ0) is 14.6. The lowest BCUT2D eigenvalue weighted by Crippen LogP contribution is -2.45. The van der Waals surface area contributed by atoms with Gasteiger partial charge in [0.05, 0.1) is 11.7 Å². The molecule has 0 aliphatic carbocycles. The molecule has 0 aromatic carbocycles. The number of rotatable bonds is 6. The number of H-pyrrole nitrogens is 1. The first-order chi connectivity index (χ1) is 8.79. The van der Waals surface area contributed by atoms with Crippen LogP contribution in [-0.4, -0.2) is 55.2 Å². The van der Waals surface area contributed by atoms with Crippen molar-refractivity contribution < 1.29 is 14.6 Å². The molecule has 0 fully saturated rings. The van der Waals surface area contributed by atoms with Crippen LogP contribution in [0.1, 0.15) is 16.8 Å². The number of aliphatic hydroxyl groups is 1. The second kappa shape index (κ2) is 6.03. The Kier molecular flexibility index (Phi) is 4.90. The molecule has 9 heteroatoms. The van der Waals surface area contributed by atoms with E-state index in [1.807, 2.05) is 0 Å². The Morgan fingerprint density at radius 1 is 1.58 bits per heavy atom. The number of carbonyl (C=O) groups excluding carboxylic acids is 1. The highest BCUT2D eigenvalue weighted by atomic mass is 16.5. The number of hydrogen-bond acceptors (Lipinski definition) is 5. The van der Waals surface area contributed by atoms with Crippen molar-refractivity contribution in [3.63, 3.8) is 0 Å². The van der Waals surface area contributed by atoms with Gasteiger partial charge >= 0.3 is 5.69 Å². The Hall–Kier alpha value is -1.60. The monoisotopic (exact) mass is 266 g/mol. The molecular formula is C10H16B2N2O5.